The third-order valence-corrected chi connectivity index (χ3v) is 5.49. The van der Waals surface area contributed by atoms with Gasteiger partial charge in [0.15, 0.2) is 5.54 Å². The number of piperazine rings is 1. The summed E-state index contributed by atoms with van der Waals surface area (Å²) in [4.78, 5) is 22.2. The molecule has 27 heavy (non-hydrogen) atoms. The number of hydrogen-bond donors (Lipinski definition) is 1. The summed E-state index contributed by atoms with van der Waals surface area (Å²) in [5.74, 6) is 0.671. The van der Waals surface area contributed by atoms with Gasteiger partial charge in [-0.2, -0.15) is 0 Å². The topological polar surface area (TPSA) is 47.9 Å². The Bertz CT molecular complexity index is 856. The lowest BCUT2D eigenvalue weighted by atomic mass is 10.0. The predicted octanol–water partition coefficient (Wildman–Crippen LogP) is 2.45. The van der Waals surface area contributed by atoms with E-state index in [9.17, 15) is 4.79 Å². The van der Waals surface area contributed by atoms with Crippen LogP contribution >= 0.6 is 0 Å². The Balaban J connectivity index is 1.42. The fourth-order valence-corrected chi connectivity index (χ4v) is 3.91. The van der Waals surface area contributed by atoms with E-state index in [1.165, 1.54) is 11.3 Å². The number of amidine groups is 1. The van der Waals surface area contributed by atoms with Gasteiger partial charge in [0.05, 0.1) is 0 Å². The second kappa shape index (κ2) is 7.16. The van der Waals surface area contributed by atoms with E-state index in [0.717, 1.165) is 31.7 Å². The molecule has 140 valence electrons. The molecular formula is C22H26N4O. The minimum absolute atomic E-state index is 0.0114. The van der Waals surface area contributed by atoms with Crippen LogP contribution in [-0.2, 0) is 4.79 Å². The molecule has 4 rings (SSSR count). The molecule has 0 aromatic heterocycles. The number of hydrogen-bond acceptors (Lipinski definition) is 4. The summed E-state index contributed by atoms with van der Waals surface area (Å²) >= 11 is 0. The highest BCUT2D eigenvalue weighted by Gasteiger charge is 2.41. The minimum Gasteiger partial charge on any atom is -0.369 e. The normalized spacial score (nSPS) is 23.3. The molecule has 0 bridgehead atoms. The van der Waals surface area contributed by atoms with Crippen LogP contribution in [0.25, 0.3) is 0 Å². The highest BCUT2D eigenvalue weighted by Crippen LogP contribution is 2.24. The Morgan fingerprint density at radius 3 is 2.37 bits per heavy atom. The van der Waals surface area contributed by atoms with Crippen molar-refractivity contribution in [2.75, 3.05) is 37.6 Å². The molecule has 1 unspecified atom stereocenters. The highest BCUT2D eigenvalue weighted by atomic mass is 16.2. The van der Waals surface area contributed by atoms with Gasteiger partial charge in [-0.25, -0.2) is 4.99 Å². The van der Waals surface area contributed by atoms with Crippen molar-refractivity contribution < 1.29 is 4.79 Å². The van der Waals surface area contributed by atoms with E-state index < -0.39 is 5.54 Å². The summed E-state index contributed by atoms with van der Waals surface area (Å²) < 4.78 is 0. The maximum absolute atomic E-state index is 12.6. The molecule has 0 radical (unpaired) electrons. The number of aryl methyl sites for hydroxylation is 1. The summed E-state index contributed by atoms with van der Waals surface area (Å²) in [5.41, 5.74) is 2.85. The van der Waals surface area contributed by atoms with Gasteiger partial charge in [0.1, 0.15) is 5.84 Å². The summed E-state index contributed by atoms with van der Waals surface area (Å²) in [7, 11) is 0. The molecule has 0 spiro atoms. The van der Waals surface area contributed by atoms with E-state index in [-0.39, 0.29) is 5.91 Å². The molecule has 5 heteroatoms. The Labute approximate surface area is 160 Å². The van der Waals surface area contributed by atoms with Crippen molar-refractivity contribution in [1.29, 1.82) is 0 Å². The van der Waals surface area contributed by atoms with Crippen molar-refractivity contribution in [2.24, 2.45) is 4.99 Å². The molecule has 2 aromatic carbocycles. The van der Waals surface area contributed by atoms with Crippen molar-refractivity contribution >= 4 is 17.4 Å². The largest absolute Gasteiger partial charge is 0.369 e. The lowest BCUT2D eigenvalue weighted by Crippen LogP contribution is -2.53. The summed E-state index contributed by atoms with van der Waals surface area (Å²) in [6.45, 7) is 8.56. The second-order valence-corrected chi connectivity index (χ2v) is 7.60. The van der Waals surface area contributed by atoms with Gasteiger partial charge in [-0.05, 0) is 25.5 Å². The molecule has 2 heterocycles. The van der Waals surface area contributed by atoms with Crippen LogP contribution in [-0.4, -0.2) is 54.9 Å². The van der Waals surface area contributed by atoms with Crippen LogP contribution < -0.4 is 10.2 Å². The number of anilines is 1. The number of benzene rings is 2. The van der Waals surface area contributed by atoms with Gasteiger partial charge >= 0.3 is 0 Å². The van der Waals surface area contributed by atoms with Gasteiger partial charge in [-0.15, -0.1) is 0 Å². The van der Waals surface area contributed by atoms with Crippen LogP contribution in [0.3, 0.4) is 0 Å². The average molecular weight is 362 g/mol. The smallest absolute Gasteiger partial charge is 0.254 e. The molecule has 2 aliphatic heterocycles. The molecule has 0 aliphatic carbocycles. The van der Waals surface area contributed by atoms with E-state index in [2.05, 4.69) is 46.3 Å². The summed E-state index contributed by atoms with van der Waals surface area (Å²) in [6, 6.07) is 18.4. The van der Waals surface area contributed by atoms with Gasteiger partial charge in [0, 0.05) is 44.0 Å². The zero-order valence-corrected chi connectivity index (χ0v) is 16.0. The maximum Gasteiger partial charge on any atom is 0.254 e. The first kappa shape index (κ1) is 17.7. The highest BCUT2D eigenvalue weighted by molar-refractivity contribution is 6.15. The van der Waals surface area contributed by atoms with Crippen LogP contribution in [0.5, 0.6) is 0 Å². The van der Waals surface area contributed by atoms with Crippen molar-refractivity contribution in [2.45, 2.75) is 19.4 Å². The molecule has 0 saturated carbocycles. The molecule has 2 aliphatic rings. The van der Waals surface area contributed by atoms with Crippen molar-refractivity contribution in [3.63, 3.8) is 0 Å². The molecule has 2 aromatic rings. The standard InChI is InChI=1S/C22H26N4O/c1-17-8-6-7-11-19(17)26-14-12-25(13-15-26)16-22(2)21(27)23-20(24-22)18-9-4-3-5-10-18/h3-11H,12-16H2,1-2H3,(H,23,24,27). The molecule has 1 N–H and O–H groups in total. The third kappa shape index (κ3) is 3.60. The van der Waals surface area contributed by atoms with E-state index in [0.29, 0.717) is 12.4 Å². The van der Waals surface area contributed by atoms with E-state index >= 15 is 0 Å². The summed E-state index contributed by atoms with van der Waals surface area (Å²) in [6.07, 6.45) is 0. The van der Waals surface area contributed by atoms with Crippen molar-refractivity contribution in [3.05, 3.63) is 65.7 Å². The summed E-state index contributed by atoms with van der Waals surface area (Å²) in [5, 5.41) is 2.97. The monoisotopic (exact) mass is 362 g/mol. The quantitative estimate of drug-likeness (QED) is 0.909. The van der Waals surface area contributed by atoms with E-state index in [1.54, 1.807) is 0 Å². The first-order chi connectivity index (χ1) is 13.0. The number of nitrogens with one attached hydrogen (secondary N) is 1. The SMILES string of the molecule is Cc1ccccc1N1CCN(CC2(C)N=C(c3ccccc3)NC2=O)CC1. The third-order valence-electron chi connectivity index (χ3n) is 5.49. The maximum atomic E-state index is 12.6. The van der Waals surface area contributed by atoms with Gasteiger partial charge < -0.3 is 10.2 Å². The molecule has 1 atom stereocenters. The molecular weight excluding hydrogens is 336 g/mol. The molecule has 5 nitrogen and oxygen atoms in total. The first-order valence-electron chi connectivity index (χ1n) is 9.55. The zero-order chi connectivity index (χ0) is 18.9. The molecule has 1 fully saturated rings. The second-order valence-electron chi connectivity index (χ2n) is 7.60. The zero-order valence-electron chi connectivity index (χ0n) is 16.0. The number of amides is 1. The Morgan fingerprint density at radius 2 is 1.67 bits per heavy atom. The van der Waals surface area contributed by atoms with E-state index in [1.807, 2.05) is 37.3 Å². The molecule has 1 saturated heterocycles. The van der Waals surface area contributed by atoms with Crippen LogP contribution in [0, 0.1) is 6.92 Å². The number of nitrogens with zero attached hydrogens (tertiary/aromatic N) is 3. The Morgan fingerprint density at radius 1 is 1.00 bits per heavy atom. The van der Waals surface area contributed by atoms with Gasteiger partial charge in [-0.3, -0.25) is 9.69 Å². The first-order valence-corrected chi connectivity index (χ1v) is 9.55. The Hall–Kier alpha value is -2.66. The predicted molar refractivity (Wildman–Crippen MR) is 109 cm³/mol. The van der Waals surface area contributed by atoms with Gasteiger partial charge in [-0.1, -0.05) is 48.5 Å². The minimum atomic E-state index is -0.726. The van der Waals surface area contributed by atoms with Crippen LogP contribution in [0.1, 0.15) is 18.1 Å². The average Bonchev–Trinajstić information content (AvgIpc) is 2.98. The fourth-order valence-electron chi connectivity index (χ4n) is 3.91. The van der Waals surface area contributed by atoms with Crippen molar-refractivity contribution in [3.8, 4) is 0 Å². The number of aliphatic imine (C=N–C) groups is 1. The van der Waals surface area contributed by atoms with Crippen LogP contribution in [0.2, 0.25) is 0 Å². The van der Waals surface area contributed by atoms with E-state index in [4.69, 9.17) is 4.99 Å². The van der Waals surface area contributed by atoms with Crippen LogP contribution in [0.4, 0.5) is 5.69 Å². The number of carbonyl (C=O) groups excluding carboxylic acids is 1. The van der Waals surface area contributed by atoms with Crippen molar-refractivity contribution in [1.82, 2.24) is 10.2 Å². The fraction of sp³-hybridized carbons (Fsp3) is 0.364. The van der Waals surface area contributed by atoms with Gasteiger partial charge in [0.2, 0.25) is 0 Å². The number of carbonyl (C=O) groups is 1. The lowest BCUT2D eigenvalue weighted by molar-refractivity contribution is -0.123. The lowest BCUT2D eigenvalue weighted by Gasteiger charge is -2.38. The number of rotatable bonds is 4. The Kier molecular flexibility index (Phi) is 4.70. The van der Waals surface area contributed by atoms with Crippen LogP contribution in [0.15, 0.2) is 59.6 Å². The van der Waals surface area contributed by atoms with Gasteiger partial charge in [0.25, 0.3) is 5.91 Å². The molecule has 1 amide bonds. The number of para-hydroxylation sites is 1.